The van der Waals surface area contributed by atoms with Crippen LogP contribution in [0.2, 0.25) is 5.02 Å². The van der Waals surface area contributed by atoms with Gasteiger partial charge in [-0.15, -0.1) is 0 Å². The molecule has 1 saturated heterocycles. The van der Waals surface area contributed by atoms with E-state index in [4.69, 9.17) is 11.6 Å². The summed E-state index contributed by atoms with van der Waals surface area (Å²) in [7, 11) is 0. The smallest absolute Gasteiger partial charge is 0.0406 e. The molecule has 2 nitrogen and oxygen atoms in total. The van der Waals surface area contributed by atoms with E-state index in [1.807, 2.05) is 12.1 Å². The minimum absolute atomic E-state index is 0.652. The lowest BCUT2D eigenvalue weighted by atomic mass is 9.97. The van der Waals surface area contributed by atoms with E-state index in [9.17, 15) is 0 Å². The van der Waals surface area contributed by atoms with E-state index >= 15 is 0 Å². The third-order valence-corrected chi connectivity index (χ3v) is 4.25. The minimum Gasteiger partial charge on any atom is -0.314 e. The van der Waals surface area contributed by atoms with Crippen LogP contribution < -0.4 is 5.32 Å². The first-order chi connectivity index (χ1) is 9.19. The molecule has 1 fully saturated rings. The second-order valence-corrected chi connectivity index (χ2v) is 6.06. The highest BCUT2D eigenvalue weighted by Crippen LogP contribution is 2.20. The van der Waals surface area contributed by atoms with E-state index in [0.29, 0.717) is 12.1 Å². The van der Waals surface area contributed by atoms with Gasteiger partial charge in [0.1, 0.15) is 0 Å². The minimum atomic E-state index is 0.652. The summed E-state index contributed by atoms with van der Waals surface area (Å²) in [5.41, 5.74) is 1.36. The third-order valence-electron chi connectivity index (χ3n) is 4.00. The molecular formula is C16H25ClN2. The van der Waals surface area contributed by atoms with Crippen molar-refractivity contribution >= 4 is 11.6 Å². The van der Waals surface area contributed by atoms with Gasteiger partial charge in [0, 0.05) is 30.2 Å². The largest absolute Gasteiger partial charge is 0.314 e. The number of nitrogens with one attached hydrogen (secondary N) is 1. The highest BCUT2D eigenvalue weighted by molar-refractivity contribution is 6.30. The molecule has 1 aromatic rings. The van der Waals surface area contributed by atoms with E-state index < -0.39 is 0 Å². The molecule has 19 heavy (non-hydrogen) atoms. The molecule has 2 rings (SSSR count). The normalized spacial score (nSPS) is 24.6. The summed E-state index contributed by atoms with van der Waals surface area (Å²) < 4.78 is 0. The van der Waals surface area contributed by atoms with Crippen molar-refractivity contribution in [1.29, 1.82) is 0 Å². The molecule has 0 spiro atoms. The maximum atomic E-state index is 5.93. The summed E-state index contributed by atoms with van der Waals surface area (Å²) in [4.78, 5) is 2.58. The van der Waals surface area contributed by atoms with Crippen molar-refractivity contribution in [2.75, 3.05) is 13.1 Å². The summed E-state index contributed by atoms with van der Waals surface area (Å²) in [5, 5.41) is 4.47. The first kappa shape index (κ1) is 14.8. The first-order valence-corrected chi connectivity index (χ1v) is 7.78. The Morgan fingerprint density at radius 2 is 2.05 bits per heavy atom. The van der Waals surface area contributed by atoms with Gasteiger partial charge in [0.2, 0.25) is 0 Å². The lowest BCUT2D eigenvalue weighted by Crippen LogP contribution is -2.47. The van der Waals surface area contributed by atoms with Gasteiger partial charge in [0.15, 0.2) is 0 Å². The molecule has 1 heterocycles. The molecular weight excluding hydrogens is 256 g/mol. The summed E-state index contributed by atoms with van der Waals surface area (Å²) in [6, 6.07) is 9.59. The molecule has 1 aliphatic heterocycles. The Labute approximate surface area is 122 Å². The van der Waals surface area contributed by atoms with Gasteiger partial charge in [-0.25, -0.2) is 0 Å². The third kappa shape index (κ3) is 4.48. The molecule has 0 bridgehead atoms. The van der Waals surface area contributed by atoms with Gasteiger partial charge in [-0.3, -0.25) is 4.90 Å². The van der Waals surface area contributed by atoms with E-state index in [0.717, 1.165) is 18.1 Å². The zero-order chi connectivity index (χ0) is 13.7. The molecule has 0 radical (unpaired) electrons. The second kappa shape index (κ2) is 7.28. The van der Waals surface area contributed by atoms with Gasteiger partial charge in [-0.2, -0.15) is 0 Å². The van der Waals surface area contributed by atoms with Crippen molar-refractivity contribution < 1.29 is 0 Å². The molecule has 1 aliphatic rings. The Morgan fingerprint density at radius 3 is 2.68 bits per heavy atom. The summed E-state index contributed by atoms with van der Waals surface area (Å²) in [6.07, 6.45) is 3.74. The second-order valence-electron chi connectivity index (χ2n) is 5.62. The molecule has 106 valence electrons. The Morgan fingerprint density at radius 1 is 1.32 bits per heavy atom. The Hall–Kier alpha value is -0.570. The molecule has 0 amide bonds. The Kier molecular flexibility index (Phi) is 5.68. The van der Waals surface area contributed by atoms with Gasteiger partial charge in [0.05, 0.1) is 0 Å². The van der Waals surface area contributed by atoms with Gasteiger partial charge >= 0.3 is 0 Å². The van der Waals surface area contributed by atoms with Crippen LogP contribution in [0.3, 0.4) is 0 Å². The maximum Gasteiger partial charge on any atom is 0.0406 e. The van der Waals surface area contributed by atoms with Crippen LogP contribution in [-0.2, 0) is 6.54 Å². The van der Waals surface area contributed by atoms with Gasteiger partial charge < -0.3 is 5.32 Å². The fraction of sp³-hybridized carbons (Fsp3) is 0.625. The van der Waals surface area contributed by atoms with Crippen LogP contribution in [0, 0.1) is 0 Å². The lowest BCUT2D eigenvalue weighted by molar-refractivity contribution is 0.129. The first-order valence-electron chi connectivity index (χ1n) is 7.41. The summed E-state index contributed by atoms with van der Waals surface area (Å²) in [6.45, 7) is 7.94. The fourth-order valence-corrected chi connectivity index (χ4v) is 2.94. The molecule has 0 saturated carbocycles. The monoisotopic (exact) mass is 280 g/mol. The predicted molar refractivity (Wildman–Crippen MR) is 82.6 cm³/mol. The molecule has 0 aromatic heterocycles. The summed E-state index contributed by atoms with van der Waals surface area (Å²) >= 11 is 5.93. The number of piperidine rings is 1. The fourth-order valence-electron chi connectivity index (χ4n) is 2.81. The van der Waals surface area contributed by atoms with Crippen LogP contribution in [0.25, 0.3) is 0 Å². The quantitative estimate of drug-likeness (QED) is 0.885. The molecule has 1 aromatic carbocycles. The molecule has 2 unspecified atom stereocenters. The topological polar surface area (TPSA) is 15.3 Å². The molecule has 1 N–H and O–H groups in total. The lowest BCUT2D eigenvalue weighted by Gasteiger charge is -2.38. The van der Waals surface area contributed by atoms with Crippen LogP contribution in [-0.4, -0.2) is 30.1 Å². The van der Waals surface area contributed by atoms with E-state index in [1.165, 1.54) is 31.4 Å². The predicted octanol–water partition coefficient (Wildman–Crippen LogP) is 3.69. The number of hydrogen-bond acceptors (Lipinski definition) is 2. The summed E-state index contributed by atoms with van der Waals surface area (Å²) in [5.74, 6) is 0. The number of hydrogen-bond donors (Lipinski definition) is 1. The Bertz CT molecular complexity index is 377. The highest BCUT2D eigenvalue weighted by Gasteiger charge is 2.24. The van der Waals surface area contributed by atoms with Crippen LogP contribution in [0.1, 0.15) is 38.7 Å². The standard InChI is InChI=1S/C16H25ClN2/c1-3-9-18-16-8-10-19(13(2)11-16)12-14-4-6-15(17)7-5-14/h4-7,13,16,18H,3,8-12H2,1-2H3. The molecule has 0 aliphatic carbocycles. The SMILES string of the molecule is CCCNC1CCN(Cc2ccc(Cl)cc2)C(C)C1. The van der Waals surface area contributed by atoms with Crippen molar-refractivity contribution in [3.05, 3.63) is 34.9 Å². The zero-order valence-electron chi connectivity index (χ0n) is 12.0. The zero-order valence-corrected chi connectivity index (χ0v) is 12.8. The number of rotatable bonds is 5. The highest BCUT2D eigenvalue weighted by atomic mass is 35.5. The van der Waals surface area contributed by atoms with Crippen molar-refractivity contribution in [1.82, 2.24) is 10.2 Å². The number of likely N-dealkylation sites (tertiary alicyclic amines) is 1. The van der Waals surface area contributed by atoms with E-state index in [-0.39, 0.29) is 0 Å². The van der Waals surface area contributed by atoms with Crippen LogP contribution in [0.4, 0.5) is 0 Å². The number of halogens is 1. The van der Waals surface area contributed by atoms with Gasteiger partial charge in [0.25, 0.3) is 0 Å². The van der Waals surface area contributed by atoms with Crippen molar-refractivity contribution in [3.8, 4) is 0 Å². The van der Waals surface area contributed by atoms with Crippen molar-refractivity contribution in [2.45, 2.75) is 51.7 Å². The van der Waals surface area contributed by atoms with Crippen LogP contribution >= 0.6 is 11.6 Å². The van der Waals surface area contributed by atoms with Crippen molar-refractivity contribution in [2.24, 2.45) is 0 Å². The van der Waals surface area contributed by atoms with E-state index in [1.54, 1.807) is 0 Å². The maximum absolute atomic E-state index is 5.93. The number of benzene rings is 1. The van der Waals surface area contributed by atoms with Crippen LogP contribution in [0.5, 0.6) is 0 Å². The van der Waals surface area contributed by atoms with Gasteiger partial charge in [-0.05, 0) is 50.4 Å². The number of nitrogens with zero attached hydrogens (tertiary/aromatic N) is 1. The average molecular weight is 281 g/mol. The molecule has 3 heteroatoms. The van der Waals surface area contributed by atoms with Gasteiger partial charge in [-0.1, -0.05) is 30.7 Å². The van der Waals surface area contributed by atoms with Crippen molar-refractivity contribution in [3.63, 3.8) is 0 Å². The average Bonchev–Trinajstić information content (AvgIpc) is 2.41. The Balaban J connectivity index is 1.84. The van der Waals surface area contributed by atoms with E-state index in [2.05, 4.69) is 36.2 Å². The molecule has 2 atom stereocenters. The van der Waals surface area contributed by atoms with Crippen LogP contribution in [0.15, 0.2) is 24.3 Å².